The maximum Gasteiger partial charge on any atom is 0.271 e. The smallest absolute Gasteiger partial charge is 0.271 e. The Kier molecular flexibility index (Phi) is 4.56. The quantitative estimate of drug-likeness (QED) is 0.511. The number of thiocarbonyl (C=S) groups is 1. The lowest BCUT2D eigenvalue weighted by molar-refractivity contribution is -0.384. The van der Waals surface area contributed by atoms with Crippen molar-refractivity contribution in [3.8, 4) is 0 Å². The number of benzene rings is 1. The summed E-state index contributed by atoms with van der Waals surface area (Å²) in [7, 11) is 0. The first-order valence-corrected chi connectivity index (χ1v) is 6.24. The Morgan fingerprint density at radius 3 is 2.90 bits per heavy atom. The van der Waals surface area contributed by atoms with Crippen LogP contribution in [-0.2, 0) is 6.54 Å². The lowest BCUT2D eigenvalue weighted by Gasteiger charge is -2.10. The Bertz CT molecular complexity index is 619. The minimum atomic E-state index is -0.447. The number of pyridine rings is 1. The fraction of sp³-hybridized carbons (Fsp3) is 0.0769. The van der Waals surface area contributed by atoms with Gasteiger partial charge < -0.3 is 10.6 Å². The van der Waals surface area contributed by atoms with Crippen LogP contribution in [0.5, 0.6) is 0 Å². The summed E-state index contributed by atoms with van der Waals surface area (Å²) in [6.07, 6.45) is 3.44. The molecule has 1 aromatic carbocycles. The topological polar surface area (TPSA) is 80.1 Å². The molecular weight excluding hydrogens is 276 g/mol. The molecule has 20 heavy (non-hydrogen) atoms. The molecule has 0 radical (unpaired) electrons. The van der Waals surface area contributed by atoms with E-state index in [1.54, 1.807) is 24.5 Å². The third-order valence-corrected chi connectivity index (χ3v) is 2.74. The molecule has 1 aromatic heterocycles. The largest absolute Gasteiger partial charge is 0.358 e. The predicted molar refractivity (Wildman–Crippen MR) is 80.4 cm³/mol. The highest BCUT2D eigenvalue weighted by molar-refractivity contribution is 7.80. The van der Waals surface area contributed by atoms with Crippen LogP contribution >= 0.6 is 12.2 Å². The number of hydrogen-bond acceptors (Lipinski definition) is 4. The van der Waals surface area contributed by atoms with Gasteiger partial charge in [0, 0.05) is 36.8 Å². The number of rotatable bonds is 4. The second-order valence-electron chi connectivity index (χ2n) is 3.98. The molecule has 0 saturated carbocycles. The van der Waals surface area contributed by atoms with E-state index in [1.807, 2.05) is 12.1 Å². The van der Waals surface area contributed by atoms with Crippen molar-refractivity contribution in [2.75, 3.05) is 5.32 Å². The summed E-state index contributed by atoms with van der Waals surface area (Å²) in [6.45, 7) is 0.536. The van der Waals surface area contributed by atoms with Crippen LogP contribution in [0.15, 0.2) is 48.8 Å². The van der Waals surface area contributed by atoms with Crippen LogP contribution < -0.4 is 10.6 Å². The predicted octanol–water partition coefficient (Wildman–Crippen LogP) is 2.48. The number of non-ortho nitro benzene ring substituents is 1. The molecule has 0 aliphatic carbocycles. The molecule has 7 heteroatoms. The second-order valence-corrected chi connectivity index (χ2v) is 4.38. The molecule has 102 valence electrons. The Morgan fingerprint density at radius 1 is 1.35 bits per heavy atom. The van der Waals surface area contributed by atoms with Crippen molar-refractivity contribution in [2.24, 2.45) is 0 Å². The Hall–Kier alpha value is -2.54. The van der Waals surface area contributed by atoms with Crippen LogP contribution in [0.25, 0.3) is 0 Å². The average Bonchev–Trinajstić information content (AvgIpc) is 2.46. The molecule has 0 saturated heterocycles. The Labute approximate surface area is 121 Å². The summed E-state index contributed by atoms with van der Waals surface area (Å²) in [5, 5.41) is 17.0. The number of nitrogens with one attached hydrogen (secondary N) is 2. The second kappa shape index (κ2) is 6.58. The molecule has 0 fully saturated rings. The van der Waals surface area contributed by atoms with Crippen molar-refractivity contribution in [1.29, 1.82) is 0 Å². The first kappa shape index (κ1) is 13.9. The van der Waals surface area contributed by atoms with E-state index < -0.39 is 4.92 Å². The van der Waals surface area contributed by atoms with Crippen molar-refractivity contribution in [3.63, 3.8) is 0 Å². The number of aromatic nitrogens is 1. The third kappa shape index (κ3) is 3.99. The molecule has 0 amide bonds. The number of nitrogens with zero attached hydrogens (tertiary/aromatic N) is 2. The minimum absolute atomic E-state index is 0.0186. The fourth-order valence-electron chi connectivity index (χ4n) is 1.56. The summed E-state index contributed by atoms with van der Waals surface area (Å²) in [5.74, 6) is 0. The molecule has 0 aliphatic heterocycles. The molecule has 2 rings (SSSR count). The normalized spacial score (nSPS) is 9.80. The Morgan fingerprint density at radius 2 is 2.20 bits per heavy atom. The van der Waals surface area contributed by atoms with Gasteiger partial charge in [-0.1, -0.05) is 12.1 Å². The summed E-state index contributed by atoms with van der Waals surface area (Å²) in [5.41, 5.74) is 1.59. The number of anilines is 1. The molecule has 0 atom stereocenters. The summed E-state index contributed by atoms with van der Waals surface area (Å²) in [6, 6.07) is 9.94. The first-order chi connectivity index (χ1) is 9.65. The summed E-state index contributed by atoms with van der Waals surface area (Å²) >= 11 is 5.13. The maximum absolute atomic E-state index is 10.7. The Balaban J connectivity index is 1.91. The molecule has 0 spiro atoms. The van der Waals surface area contributed by atoms with E-state index in [4.69, 9.17) is 12.2 Å². The van der Waals surface area contributed by atoms with Gasteiger partial charge in [0.05, 0.1) is 4.92 Å². The molecule has 2 aromatic rings. The highest BCUT2D eigenvalue weighted by Crippen LogP contribution is 2.16. The van der Waals surface area contributed by atoms with Crippen molar-refractivity contribution in [3.05, 3.63) is 64.5 Å². The van der Waals surface area contributed by atoms with Gasteiger partial charge in [0.2, 0.25) is 0 Å². The zero-order chi connectivity index (χ0) is 14.4. The van der Waals surface area contributed by atoms with Gasteiger partial charge in [0.25, 0.3) is 5.69 Å². The summed E-state index contributed by atoms with van der Waals surface area (Å²) < 4.78 is 0. The van der Waals surface area contributed by atoms with Gasteiger partial charge in [-0.3, -0.25) is 15.1 Å². The number of nitro groups is 1. The maximum atomic E-state index is 10.7. The van der Waals surface area contributed by atoms with Gasteiger partial charge in [-0.2, -0.15) is 0 Å². The highest BCUT2D eigenvalue weighted by atomic mass is 32.1. The molecule has 0 bridgehead atoms. The van der Waals surface area contributed by atoms with Crippen molar-refractivity contribution < 1.29 is 4.92 Å². The molecule has 1 heterocycles. The van der Waals surface area contributed by atoms with E-state index in [-0.39, 0.29) is 5.69 Å². The third-order valence-electron chi connectivity index (χ3n) is 2.49. The van der Waals surface area contributed by atoms with Crippen molar-refractivity contribution in [1.82, 2.24) is 10.3 Å². The SMILES string of the molecule is O=[N+]([O-])c1cccc(NC(=S)NCc2cccnc2)c1. The van der Waals surface area contributed by atoms with Crippen LogP contribution in [0.4, 0.5) is 11.4 Å². The van der Waals surface area contributed by atoms with Crippen molar-refractivity contribution >= 4 is 28.7 Å². The average molecular weight is 288 g/mol. The molecular formula is C13H12N4O2S. The molecule has 2 N–H and O–H groups in total. The molecule has 6 nitrogen and oxygen atoms in total. The van der Waals surface area contributed by atoms with Gasteiger partial charge in [0.1, 0.15) is 0 Å². The van der Waals surface area contributed by atoms with Crippen LogP contribution in [-0.4, -0.2) is 15.0 Å². The summed E-state index contributed by atoms with van der Waals surface area (Å²) in [4.78, 5) is 14.2. The van der Waals surface area contributed by atoms with Gasteiger partial charge in [-0.15, -0.1) is 0 Å². The fourth-order valence-corrected chi connectivity index (χ4v) is 1.75. The number of nitro benzene ring substituents is 1. The van der Waals surface area contributed by atoms with Gasteiger partial charge in [0.15, 0.2) is 5.11 Å². The van der Waals surface area contributed by atoms with E-state index in [0.29, 0.717) is 17.3 Å². The van der Waals surface area contributed by atoms with Crippen LogP contribution in [0.3, 0.4) is 0 Å². The number of hydrogen-bond donors (Lipinski definition) is 2. The van der Waals surface area contributed by atoms with Crippen molar-refractivity contribution in [2.45, 2.75) is 6.54 Å². The lowest BCUT2D eigenvalue weighted by Crippen LogP contribution is -2.27. The monoisotopic (exact) mass is 288 g/mol. The van der Waals surface area contributed by atoms with E-state index in [9.17, 15) is 10.1 Å². The lowest BCUT2D eigenvalue weighted by atomic mass is 10.3. The van der Waals surface area contributed by atoms with E-state index in [2.05, 4.69) is 15.6 Å². The first-order valence-electron chi connectivity index (χ1n) is 5.83. The molecule has 0 aliphatic rings. The zero-order valence-corrected chi connectivity index (χ0v) is 11.3. The zero-order valence-electron chi connectivity index (χ0n) is 10.4. The van der Waals surface area contributed by atoms with Gasteiger partial charge in [-0.05, 0) is 29.9 Å². The minimum Gasteiger partial charge on any atom is -0.358 e. The van der Waals surface area contributed by atoms with Crippen LogP contribution in [0.1, 0.15) is 5.56 Å². The van der Waals surface area contributed by atoms with Crippen LogP contribution in [0, 0.1) is 10.1 Å². The van der Waals surface area contributed by atoms with Gasteiger partial charge in [-0.25, -0.2) is 0 Å². The van der Waals surface area contributed by atoms with Crippen LogP contribution in [0.2, 0.25) is 0 Å². The van der Waals surface area contributed by atoms with E-state index in [1.165, 1.54) is 12.1 Å². The highest BCUT2D eigenvalue weighted by Gasteiger charge is 2.06. The van der Waals surface area contributed by atoms with Gasteiger partial charge >= 0.3 is 0 Å². The van der Waals surface area contributed by atoms with E-state index in [0.717, 1.165) is 5.56 Å². The standard InChI is InChI=1S/C13H12N4O2S/c18-17(19)12-5-1-4-11(7-12)16-13(20)15-9-10-3-2-6-14-8-10/h1-8H,9H2,(H2,15,16,20). The van der Waals surface area contributed by atoms with E-state index >= 15 is 0 Å². The molecule has 0 unspecified atom stereocenters.